The van der Waals surface area contributed by atoms with Gasteiger partial charge in [0.05, 0.1) is 17.6 Å². The third-order valence-corrected chi connectivity index (χ3v) is 4.71. The van der Waals surface area contributed by atoms with Crippen LogP contribution < -0.4 is 0 Å². The van der Waals surface area contributed by atoms with E-state index in [0.29, 0.717) is 0 Å². The number of aromatic nitrogens is 4. The topological polar surface area (TPSA) is 46.0 Å². The van der Waals surface area contributed by atoms with Crippen molar-refractivity contribution in [2.24, 2.45) is 0 Å². The van der Waals surface area contributed by atoms with Gasteiger partial charge in [-0.25, -0.2) is 13.8 Å². The molecule has 0 radical (unpaired) electrons. The molecule has 0 spiro atoms. The van der Waals surface area contributed by atoms with Crippen LogP contribution in [0.25, 0.3) is 39.3 Å². The van der Waals surface area contributed by atoms with Crippen molar-refractivity contribution >= 4 is 30.5 Å². The molecule has 0 unspecified atom stereocenters. The summed E-state index contributed by atoms with van der Waals surface area (Å²) in [6, 6.07) is 16.4. The van der Waals surface area contributed by atoms with Gasteiger partial charge in [-0.3, -0.25) is 9.50 Å². The van der Waals surface area contributed by atoms with Gasteiger partial charge in [-0.1, -0.05) is 0 Å². The Balaban J connectivity index is 0.00000128. The maximum absolute atomic E-state index is 13.3. The van der Waals surface area contributed by atoms with E-state index in [1.54, 1.807) is 30.5 Å². The highest BCUT2D eigenvalue weighted by atomic mass is 35.5. The second-order valence-corrected chi connectivity index (χ2v) is 6.45. The largest absolute Gasteiger partial charge is 0.299 e. The molecular formula is C22H16Cl2F2N4. The Bertz CT molecular complexity index is 1280. The molecule has 0 aliphatic heterocycles. The number of rotatable bonds is 3. The van der Waals surface area contributed by atoms with E-state index < -0.39 is 0 Å². The molecule has 3 heterocycles. The first-order chi connectivity index (χ1) is 13.7. The summed E-state index contributed by atoms with van der Waals surface area (Å²) in [5, 5.41) is 7.23. The molecule has 0 saturated heterocycles. The average molecular weight is 445 g/mol. The van der Waals surface area contributed by atoms with Crippen LogP contribution in [0.15, 0.2) is 79.3 Å². The van der Waals surface area contributed by atoms with Gasteiger partial charge in [0.2, 0.25) is 0 Å². The molecule has 152 valence electrons. The molecule has 3 aromatic heterocycles. The predicted octanol–water partition coefficient (Wildman–Crippen LogP) is 6.18. The summed E-state index contributed by atoms with van der Waals surface area (Å²) in [6.45, 7) is 0. The van der Waals surface area contributed by atoms with Crippen molar-refractivity contribution in [2.45, 2.75) is 0 Å². The minimum absolute atomic E-state index is 0. The Morgan fingerprint density at radius 2 is 1.33 bits per heavy atom. The molecule has 5 rings (SSSR count). The number of benzene rings is 2. The molecule has 0 aliphatic rings. The first-order valence-corrected chi connectivity index (χ1v) is 8.72. The third kappa shape index (κ3) is 3.79. The van der Waals surface area contributed by atoms with Crippen molar-refractivity contribution in [1.29, 1.82) is 0 Å². The van der Waals surface area contributed by atoms with Crippen LogP contribution in [0, 0.1) is 11.6 Å². The molecule has 0 saturated carbocycles. The smallest absolute Gasteiger partial charge is 0.137 e. The zero-order valence-corrected chi connectivity index (χ0v) is 17.1. The summed E-state index contributed by atoms with van der Waals surface area (Å²) in [7, 11) is 0. The van der Waals surface area contributed by atoms with Crippen molar-refractivity contribution in [3.05, 3.63) is 90.9 Å². The molecule has 0 amide bonds. The molecule has 0 aliphatic carbocycles. The summed E-state index contributed by atoms with van der Waals surface area (Å²) in [4.78, 5) is 4.43. The van der Waals surface area contributed by atoms with Crippen LogP contribution in [0.1, 0.15) is 0 Å². The number of aromatic amines is 1. The Hall–Kier alpha value is -3.22. The average Bonchev–Trinajstić information content (AvgIpc) is 3.36. The highest BCUT2D eigenvalue weighted by Crippen LogP contribution is 2.31. The van der Waals surface area contributed by atoms with Gasteiger partial charge in [0.25, 0.3) is 0 Å². The van der Waals surface area contributed by atoms with Gasteiger partial charge in [-0.05, 0) is 60.7 Å². The van der Waals surface area contributed by atoms with Crippen LogP contribution in [0.5, 0.6) is 0 Å². The summed E-state index contributed by atoms with van der Waals surface area (Å²) >= 11 is 0. The SMILES string of the molecule is Cl.Cl.Fc1ccc(-c2n[nH]cc2-c2ccc3ncc(-c4ccc(F)cc4)n3c2)cc1. The first kappa shape index (κ1) is 21.5. The van der Waals surface area contributed by atoms with Gasteiger partial charge < -0.3 is 0 Å². The summed E-state index contributed by atoms with van der Waals surface area (Å²) < 4.78 is 28.5. The first-order valence-electron chi connectivity index (χ1n) is 8.72. The number of nitrogens with one attached hydrogen (secondary N) is 1. The number of hydrogen-bond acceptors (Lipinski definition) is 2. The lowest BCUT2D eigenvalue weighted by Gasteiger charge is -2.07. The number of fused-ring (bicyclic) bond motifs is 1. The van der Waals surface area contributed by atoms with Crippen molar-refractivity contribution in [3.63, 3.8) is 0 Å². The summed E-state index contributed by atoms with van der Waals surface area (Å²) in [5.74, 6) is -0.565. The van der Waals surface area contributed by atoms with Crippen molar-refractivity contribution in [2.75, 3.05) is 0 Å². The molecule has 0 fully saturated rings. The van der Waals surface area contributed by atoms with Crippen LogP contribution in [-0.4, -0.2) is 19.6 Å². The van der Waals surface area contributed by atoms with Crippen molar-refractivity contribution in [3.8, 4) is 33.6 Å². The number of nitrogens with zero attached hydrogens (tertiary/aromatic N) is 3. The summed E-state index contributed by atoms with van der Waals surface area (Å²) in [6.07, 6.45) is 5.55. The fraction of sp³-hybridized carbons (Fsp3) is 0. The lowest BCUT2D eigenvalue weighted by atomic mass is 10.0. The minimum atomic E-state index is -0.287. The zero-order valence-electron chi connectivity index (χ0n) is 15.4. The maximum Gasteiger partial charge on any atom is 0.137 e. The molecule has 5 aromatic rings. The Morgan fingerprint density at radius 3 is 2.00 bits per heavy atom. The zero-order chi connectivity index (χ0) is 19.1. The van der Waals surface area contributed by atoms with E-state index >= 15 is 0 Å². The number of imidazole rings is 1. The van der Waals surface area contributed by atoms with Gasteiger partial charge in [0, 0.05) is 34.6 Å². The maximum atomic E-state index is 13.3. The van der Waals surface area contributed by atoms with Crippen LogP contribution in [0.4, 0.5) is 8.78 Å². The number of pyridine rings is 1. The van der Waals surface area contributed by atoms with E-state index in [1.807, 2.05) is 28.9 Å². The highest BCUT2D eigenvalue weighted by molar-refractivity contribution is 5.85. The Morgan fingerprint density at radius 1 is 0.733 bits per heavy atom. The molecule has 1 N–H and O–H groups in total. The van der Waals surface area contributed by atoms with Gasteiger partial charge >= 0.3 is 0 Å². The van der Waals surface area contributed by atoms with E-state index in [4.69, 9.17) is 0 Å². The molecule has 8 heteroatoms. The number of halogens is 4. The van der Waals surface area contributed by atoms with Crippen LogP contribution in [-0.2, 0) is 0 Å². The monoisotopic (exact) mass is 444 g/mol. The third-order valence-electron chi connectivity index (χ3n) is 4.71. The van der Waals surface area contributed by atoms with E-state index in [1.165, 1.54) is 24.3 Å². The normalized spacial score (nSPS) is 10.5. The number of hydrogen-bond donors (Lipinski definition) is 1. The predicted molar refractivity (Wildman–Crippen MR) is 118 cm³/mol. The molecule has 30 heavy (non-hydrogen) atoms. The van der Waals surface area contributed by atoms with E-state index in [9.17, 15) is 8.78 Å². The second kappa shape index (κ2) is 8.65. The van der Waals surface area contributed by atoms with Gasteiger partial charge in [-0.2, -0.15) is 5.10 Å². The standard InChI is InChI=1S/C22H14F2N4.2ClH/c23-17-6-1-14(2-7-17)20-12-25-21-10-5-16(13-28(20)21)19-11-26-27-22(19)15-3-8-18(24)9-4-15;;/h1-13H,(H,26,27);2*1H. The van der Waals surface area contributed by atoms with Crippen LogP contribution >= 0.6 is 24.8 Å². The van der Waals surface area contributed by atoms with Crippen molar-refractivity contribution in [1.82, 2.24) is 19.6 Å². The fourth-order valence-electron chi connectivity index (χ4n) is 3.31. The second-order valence-electron chi connectivity index (χ2n) is 6.45. The van der Waals surface area contributed by atoms with E-state index in [0.717, 1.165) is 39.3 Å². The minimum Gasteiger partial charge on any atom is -0.299 e. The van der Waals surface area contributed by atoms with Crippen molar-refractivity contribution < 1.29 is 8.78 Å². The fourth-order valence-corrected chi connectivity index (χ4v) is 3.31. The van der Waals surface area contributed by atoms with Gasteiger partial charge in [-0.15, -0.1) is 24.8 Å². The lowest BCUT2D eigenvalue weighted by Crippen LogP contribution is -1.91. The lowest BCUT2D eigenvalue weighted by molar-refractivity contribution is 0.627. The van der Waals surface area contributed by atoms with Crippen LogP contribution in [0.3, 0.4) is 0 Å². The molecule has 4 nitrogen and oxygen atoms in total. The Labute approximate surface area is 183 Å². The molecule has 0 atom stereocenters. The molecule has 2 aromatic carbocycles. The highest BCUT2D eigenvalue weighted by Gasteiger charge is 2.13. The Kier molecular flexibility index (Phi) is 6.20. The molecule has 0 bridgehead atoms. The van der Waals surface area contributed by atoms with E-state index in [-0.39, 0.29) is 36.4 Å². The van der Waals surface area contributed by atoms with E-state index in [2.05, 4.69) is 15.2 Å². The summed E-state index contributed by atoms with van der Waals surface area (Å²) in [5.41, 5.74) is 5.91. The van der Waals surface area contributed by atoms with Gasteiger partial charge in [0.15, 0.2) is 0 Å². The number of H-pyrrole nitrogens is 1. The van der Waals surface area contributed by atoms with Gasteiger partial charge in [0.1, 0.15) is 17.3 Å². The van der Waals surface area contributed by atoms with Crippen LogP contribution in [0.2, 0.25) is 0 Å². The quantitative estimate of drug-likeness (QED) is 0.361. The molecular weight excluding hydrogens is 429 g/mol.